The molecule has 0 aromatic rings. The van der Waals surface area contributed by atoms with Crippen molar-refractivity contribution in [3.63, 3.8) is 0 Å². The van der Waals surface area contributed by atoms with E-state index < -0.39 is 22.2 Å². The Hall–Kier alpha value is 2.57. The van der Waals surface area contributed by atoms with Crippen molar-refractivity contribution in [1.82, 2.24) is 0 Å². The molecule has 0 amide bonds. The third-order valence-electron chi connectivity index (χ3n) is 1.60. The van der Waals surface area contributed by atoms with Gasteiger partial charge in [0.25, 0.3) is 0 Å². The van der Waals surface area contributed by atoms with Gasteiger partial charge in [-0.25, -0.2) is 0 Å². The highest BCUT2D eigenvalue weighted by atomic mass is 35.6. The molecule has 1 nitrogen and oxygen atoms in total. The van der Waals surface area contributed by atoms with Crippen molar-refractivity contribution in [3.05, 3.63) is 0 Å². The van der Waals surface area contributed by atoms with Gasteiger partial charge in [0.15, 0.2) is 8.67 Å². The fourth-order valence-corrected chi connectivity index (χ4v) is 2.41. The lowest BCUT2D eigenvalue weighted by molar-refractivity contribution is 0.467. The molecule has 0 bridgehead atoms. The van der Waals surface area contributed by atoms with Gasteiger partial charge in [-0.2, -0.15) is 0 Å². The summed E-state index contributed by atoms with van der Waals surface area (Å²) in [7, 11) is 0. The number of halogens is 10. The smallest absolute Gasteiger partial charge is 0.223 e. The largest absolute Gasteiger partial charge is 0.290 e. The van der Waals surface area contributed by atoms with E-state index in [-0.39, 0.29) is 0 Å². The van der Waals surface area contributed by atoms with Gasteiger partial charge in [-0.3, -0.25) is 4.79 Å². The predicted molar refractivity (Wildman–Crippen MR) is 78.6 cm³/mol. The molecule has 0 atom stereocenters. The minimum Gasteiger partial charge on any atom is -0.290 e. The molecule has 1 radical (unpaired) electrons. The van der Waals surface area contributed by atoms with E-state index in [1.807, 2.05) is 0 Å². The van der Waals surface area contributed by atoms with Crippen molar-refractivity contribution in [1.29, 1.82) is 0 Å². The minimum absolute atomic E-state index is 1.31. The first-order valence-corrected chi connectivity index (χ1v) is 7.24. The van der Waals surface area contributed by atoms with Crippen molar-refractivity contribution >= 4 is 122 Å². The SMILES string of the molecule is O=[C]C(C(Cl)(Cl)C(Cl)(Cl)Cl)C(Cl)(Cl)C(Cl)(Cl)Cl. The molecule has 0 aliphatic heterocycles. The first kappa shape index (κ1) is 19.6. The Kier molecular flexibility index (Phi) is 7.06. The Balaban J connectivity index is 5.60. The van der Waals surface area contributed by atoms with Crippen LogP contribution in [0, 0.1) is 5.92 Å². The van der Waals surface area contributed by atoms with Crippen LogP contribution in [-0.4, -0.2) is 22.5 Å². The Bertz CT molecular complexity index is 260. The Morgan fingerprint density at radius 1 is 0.647 bits per heavy atom. The normalized spacial score (nSPS) is 15.2. The van der Waals surface area contributed by atoms with Crippen LogP contribution in [0.5, 0.6) is 0 Å². The van der Waals surface area contributed by atoms with Crippen molar-refractivity contribution in [2.24, 2.45) is 5.92 Å². The van der Waals surface area contributed by atoms with Gasteiger partial charge in [-0.15, -0.1) is 0 Å². The van der Waals surface area contributed by atoms with E-state index in [1.165, 1.54) is 6.29 Å². The fourth-order valence-electron chi connectivity index (χ4n) is 0.703. The van der Waals surface area contributed by atoms with Crippen molar-refractivity contribution in [2.45, 2.75) is 16.3 Å². The maximum Gasteiger partial charge on any atom is 0.223 e. The molecular weight excluding hydrogens is 443 g/mol. The summed E-state index contributed by atoms with van der Waals surface area (Å²) in [6.07, 6.45) is 1.31. The van der Waals surface area contributed by atoms with Gasteiger partial charge in [-0.05, 0) is 0 Å². The van der Waals surface area contributed by atoms with Crippen molar-refractivity contribution < 1.29 is 4.79 Å². The first-order valence-electron chi connectivity index (χ1n) is 3.46. The molecule has 0 aromatic carbocycles. The van der Waals surface area contributed by atoms with Crippen LogP contribution in [0.4, 0.5) is 0 Å². The maximum atomic E-state index is 10.9. The summed E-state index contributed by atoms with van der Waals surface area (Å²) in [6.45, 7) is 0. The van der Waals surface area contributed by atoms with Gasteiger partial charge < -0.3 is 0 Å². The van der Waals surface area contributed by atoms with E-state index in [9.17, 15) is 4.79 Å². The van der Waals surface area contributed by atoms with Gasteiger partial charge >= 0.3 is 0 Å². The third kappa shape index (κ3) is 4.27. The molecule has 0 saturated heterocycles. The van der Waals surface area contributed by atoms with Crippen LogP contribution in [-0.2, 0) is 4.79 Å². The number of alkyl halides is 10. The van der Waals surface area contributed by atoms with Gasteiger partial charge in [0.05, 0.1) is 0 Å². The molecule has 0 fully saturated rings. The maximum absolute atomic E-state index is 10.9. The predicted octanol–water partition coefficient (Wildman–Crippen LogP) is 5.80. The van der Waals surface area contributed by atoms with Crippen molar-refractivity contribution in [2.75, 3.05) is 0 Å². The molecule has 101 valence electrons. The molecule has 0 unspecified atom stereocenters. The van der Waals surface area contributed by atoms with Gasteiger partial charge in [0.2, 0.25) is 13.9 Å². The van der Waals surface area contributed by atoms with E-state index in [0.29, 0.717) is 0 Å². The molecule has 0 saturated carbocycles. The fraction of sp³-hybridized carbons (Fsp3) is 0.833. The Morgan fingerprint density at radius 2 is 0.882 bits per heavy atom. The molecule has 0 aliphatic rings. The summed E-state index contributed by atoms with van der Waals surface area (Å²) >= 11 is 55.9. The molecule has 0 aliphatic carbocycles. The first-order chi connectivity index (χ1) is 7.19. The van der Waals surface area contributed by atoms with Gasteiger partial charge in [-0.1, -0.05) is 116 Å². The van der Waals surface area contributed by atoms with Crippen LogP contribution in [0.15, 0.2) is 0 Å². The van der Waals surface area contributed by atoms with Crippen LogP contribution >= 0.6 is 116 Å². The zero-order valence-electron chi connectivity index (χ0n) is 7.27. The molecular formula is C6HCl10O. The number of hydrogen-bond acceptors (Lipinski definition) is 1. The van der Waals surface area contributed by atoms with Gasteiger partial charge in [0, 0.05) is 0 Å². The van der Waals surface area contributed by atoms with Crippen LogP contribution in [0.3, 0.4) is 0 Å². The molecule has 0 spiro atoms. The summed E-state index contributed by atoms with van der Waals surface area (Å²) in [5.41, 5.74) is 0. The lowest BCUT2D eigenvalue weighted by atomic mass is 10.0. The zero-order valence-corrected chi connectivity index (χ0v) is 14.8. The topological polar surface area (TPSA) is 17.1 Å². The van der Waals surface area contributed by atoms with Crippen LogP contribution in [0.25, 0.3) is 0 Å². The highest BCUT2D eigenvalue weighted by Crippen LogP contribution is 2.60. The molecule has 0 aromatic heterocycles. The monoisotopic (exact) mass is 439 g/mol. The molecule has 17 heavy (non-hydrogen) atoms. The van der Waals surface area contributed by atoms with E-state index >= 15 is 0 Å². The van der Waals surface area contributed by atoms with Gasteiger partial charge in [0.1, 0.15) is 5.92 Å². The molecule has 0 N–H and O–H groups in total. The molecule has 0 heterocycles. The van der Waals surface area contributed by atoms with E-state index in [4.69, 9.17) is 116 Å². The molecule has 11 heteroatoms. The average Bonchev–Trinajstić information content (AvgIpc) is 1.99. The standard InChI is InChI=1S/C6HCl10O/c7-3(8,5(11,12)13)2(1-17)4(9,10)6(14,15)16/h2H. The highest BCUT2D eigenvalue weighted by molar-refractivity contribution is 6.78. The summed E-state index contributed by atoms with van der Waals surface area (Å²) in [4.78, 5) is 10.9. The molecule has 0 rings (SSSR count). The third-order valence-corrected chi connectivity index (χ3v) is 6.55. The number of rotatable bonds is 3. The quantitative estimate of drug-likeness (QED) is 0.504. The van der Waals surface area contributed by atoms with E-state index in [2.05, 4.69) is 0 Å². The lowest BCUT2D eigenvalue weighted by Gasteiger charge is -2.40. The minimum atomic E-state index is -2.35. The van der Waals surface area contributed by atoms with E-state index in [0.717, 1.165) is 0 Å². The van der Waals surface area contributed by atoms with Crippen LogP contribution < -0.4 is 0 Å². The Morgan fingerprint density at radius 3 is 1.00 bits per heavy atom. The van der Waals surface area contributed by atoms with Crippen LogP contribution in [0.2, 0.25) is 0 Å². The number of hydrogen-bond donors (Lipinski definition) is 0. The van der Waals surface area contributed by atoms with Crippen LogP contribution in [0.1, 0.15) is 0 Å². The van der Waals surface area contributed by atoms with Crippen molar-refractivity contribution in [3.8, 4) is 0 Å². The summed E-state index contributed by atoms with van der Waals surface area (Å²) in [6, 6.07) is 0. The summed E-state index contributed by atoms with van der Waals surface area (Å²) in [5.74, 6) is -1.80. The summed E-state index contributed by atoms with van der Waals surface area (Å²) in [5, 5.41) is 0. The number of carbonyl (C=O) groups excluding carboxylic acids is 1. The second-order valence-corrected chi connectivity index (χ2v) is 10.1. The Labute approximate surface area is 148 Å². The van der Waals surface area contributed by atoms with E-state index in [1.54, 1.807) is 0 Å². The second-order valence-electron chi connectivity index (χ2n) is 2.79. The second kappa shape index (κ2) is 6.13. The zero-order chi connectivity index (χ0) is 14.3. The average molecular weight is 444 g/mol. The summed E-state index contributed by atoms with van der Waals surface area (Å²) < 4.78 is -9.34. The lowest BCUT2D eigenvalue weighted by Crippen LogP contribution is -2.53. The highest BCUT2D eigenvalue weighted by Gasteiger charge is 2.64.